The van der Waals surface area contributed by atoms with Crippen LogP contribution in [0.2, 0.25) is 0 Å². The van der Waals surface area contributed by atoms with Crippen LogP contribution >= 0.6 is 11.8 Å². The van der Waals surface area contributed by atoms with Gasteiger partial charge in [0.05, 0.1) is 10.8 Å². The Morgan fingerprint density at radius 3 is 2.58 bits per heavy atom. The van der Waals surface area contributed by atoms with Crippen molar-refractivity contribution in [2.24, 2.45) is 4.99 Å². The van der Waals surface area contributed by atoms with Gasteiger partial charge in [0.1, 0.15) is 5.75 Å². The third kappa shape index (κ3) is 4.18. The molecule has 6 heteroatoms. The summed E-state index contributed by atoms with van der Waals surface area (Å²) in [6.45, 7) is 2.59. The molecule has 0 radical (unpaired) electrons. The van der Waals surface area contributed by atoms with Crippen LogP contribution in [0.5, 0.6) is 0 Å². The Morgan fingerprint density at radius 2 is 2.00 bits per heavy atom. The van der Waals surface area contributed by atoms with Crippen LogP contribution in [0.15, 0.2) is 29.3 Å². The van der Waals surface area contributed by atoms with Gasteiger partial charge >= 0.3 is 0 Å². The minimum Gasteiger partial charge on any atom is -0.293 e. The minimum atomic E-state index is -3.42. The summed E-state index contributed by atoms with van der Waals surface area (Å²) in [5.74, 6) is -0.0922. The van der Waals surface area contributed by atoms with Gasteiger partial charge in [-0.05, 0) is 6.92 Å². The fourth-order valence-electron chi connectivity index (χ4n) is 1.73. The van der Waals surface area contributed by atoms with Gasteiger partial charge in [-0.3, -0.25) is 9.79 Å². The first-order valence-corrected chi connectivity index (χ1v) is 8.73. The maximum absolute atomic E-state index is 11.9. The van der Waals surface area contributed by atoms with Gasteiger partial charge in [0, 0.05) is 17.9 Å². The lowest BCUT2D eigenvalue weighted by atomic mass is 10.1. The van der Waals surface area contributed by atoms with Crippen LogP contribution in [0.4, 0.5) is 0 Å². The minimum absolute atomic E-state index is 0.116. The van der Waals surface area contributed by atoms with E-state index in [-0.39, 0.29) is 11.5 Å². The van der Waals surface area contributed by atoms with Gasteiger partial charge in [0.2, 0.25) is 0 Å². The Hall–Kier alpha value is -1.14. The summed E-state index contributed by atoms with van der Waals surface area (Å²) in [5, 5.41) is 0.622. The molecule has 0 N–H and O–H groups in total. The molecule has 1 aliphatic rings. The number of sulfone groups is 1. The molecule has 0 amide bonds. The molecule has 1 heterocycles. The first kappa shape index (κ1) is 14.3. The third-order valence-electron chi connectivity index (χ3n) is 2.72. The van der Waals surface area contributed by atoms with Gasteiger partial charge in [-0.15, -0.1) is 11.8 Å². The molecule has 4 nitrogen and oxygen atoms in total. The molecule has 0 aliphatic carbocycles. The molecule has 2 rings (SSSR count). The zero-order chi connectivity index (χ0) is 13.9. The van der Waals surface area contributed by atoms with E-state index in [1.165, 1.54) is 11.8 Å². The maximum atomic E-state index is 11.9. The van der Waals surface area contributed by atoms with E-state index in [2.05, 4.69) is 4.99 Å². The lowest BCUT2D eigenvalue weighted by Crippen LogP contribution is -2.22. The number of nitrogens with zero attached hydrogens (tertiary/aromatic N) is 1. The van der Waals surface area contributed by atoms with E-state index in [0.29, 0.717) is 17.2 Å². The number of rotatable bonds is 5. The van der Waals surface area contributed by atoms with E-state index in [1.54, 1.807) is 24.3 Å². The van der Waals surface area contributed by atoms with Crippen molar-refractivity contribution >= 4 is 32.4 Å². The summed E-state index contributed by atoms with van der Waals surface area (Å²) < 4.78 is 23.8. The normalized spacial score (nSPS) is 15.3. The molecule has 0 fully saturated rings. The van der Waals surface area contributed by atoms with E-state index >= 15 is 0 Å². The van der Waals surface area contributed by atoms with Crippen molar-refractivity contribution in [1.29, 1.82) is 0 Å². The van der Waals surface area contributed by atoms with Crippen molar-refractivity contribution < 1.29 is 13.2 Å². The molecule has 0 unspecified atom stereocenters. The quantitative estimate of drug-likeness (QED) is 0.777. The Balaban J connectivity index is 2.03. The lowest BCUT2D eigenvalue weighted by Gasteiger charge is -2.04. The fraction of sp³-hybridized carbons (Fsp3) is 0.385. The van der Waals surface area contributed by atoms with Crippen molar-refractivity contribution in [3.8, 4) is 0 Å². The van der Waals surface area contributed by atoms with Crippen molar-refractivity contribution in [2.45, 2.75) is 6.92 Å². The Morgan fingerprint density at radius 1 is 1.32 bits per heavy atom. The van der Waals surface area contributed by atoms with Crippen LogP contribution in [0.25, 0.3) is 0 Å². The highest BCUT2D eigenvalue weighted by Gasteiger charge is 2.22. The molecule has 19 heavy (non-hydrogen) atoms. The molecule has 102 valence electrons. The molecule has 0 bridgehead atoms. The van der Waals surface area contributed by atoms with E-state index in [9.17, 15) is 13.2 Å². The highest BCUT2D eigenvalue weighted by Crippen LogP contribution is 2.14. The SMILES string of the molecule is Cc1ccc(C(=O)CS(=O)(=O)CC2=NCCS2)cc1. The number of Topliss-reactive ketones (excluding diaryl/α,β-unsaturated/α-hetero) is 1. The first-order chi connectivity index (χ1) is 8.96. The molecule has 0 spiro atoms. The molecular weight excluding hydrogens is 282 g/mol. The smallest absolute Gasteiger partial charge is 0.177 e. The summed E-state index contributed by atoms with van der Waals surface area (Å²) in [5.41, 5.74) is 1.48. The van der Waals surface area contributed by atoms with Gasteiger partial charge in [-0.2, -0.15) is 0 Å². The Labute approximate surface area is 117 Å². The average Bonchev–Trinajstić information content (AvgIpc) is 2.81. The summed E-state index contributed by atoms with van der Waals surface area (Å²) in [7, 11) is -3.42. The molecule has 1 aromatic rings. The molecule has 1 aromatic carbocycles. The number of carbonyl (C=O) groups excluding carboxylic acids is 1. The molecular formula is C13H15NO3S2. The fourth-order valence-corrected chi connectivity index (χ4v) is 4.34. The summed E-state index contributed by atoms with van der Waals surface area (Å²) in [4.78, 5) is 16.0. The van der Waals surface area contributed by atoms with Gasteiger partial charge in [0.25, 0.3) is 0 Å². The lowest BCUT2D eigenvalue weighted by molar-refractivity contribution is 0.102. The van der Waals surface area contributed by atoms with Crippen LogP contribution < -0.4 is 0 Å². The summed E-state index contributed by atoms with van der Waals surface area (Å²) in [6.07, 6.45) is 0. The molecule has 0 atom stereocenters. The van der Waals surface area contributed by atoms with Gasteiger partial charge in [-0.25, -0.2) is 8.42 Å². The standard InChI is InChI=1S/C13H15NO3S2/c1-10-2-4-11(5-3-10)12(15)8-19(16,17)9-13-14-6-7-18-13/h2-5H,6-9H2,1H3. The van der Waals surface area contributed by atoms with Crippen LogP contribution in [-0.4, -0.2) is 43.0 Å². The first-order valence-electron chi connectivity index (χ1n) is 5.93. The second-order valence-electron chi connectivity index (χ2n) is 4.45. The zero-order valence-corrected chi connectivity index (χ0v) is 12.3. The predicted molar refractivity (Wildman–Crippen MR) is 78.9 cm³/mol. The number of hydrogen-bond donors (Lipinski definition) is 0. The van der Waals surface area contributed by atoms with Gasteiger partial charge < -0.3 is 0 Å². The zero-order valence-electron chi connectivity index (χ0n) is 10.6. The largest absolute Gasteiger partial charge is 0.293 e. The topological polar surface area (TPSA) is 63.6 Å². The number of carbonyl (C=O) groups is 1. The van der Waals surface area contributed by atoms with E-state index in [0.717, 1.165) is 11.3 Å². The Kier molecular flexibility index (Phi) is 4.42. The number of thioether (sulfide) groups is 1. The summed E-state index contributed by atoms with van der Waals surface area (Å²) >= 11 is 1.45. The maximum Gasteiger partial charge on any atom is 0.177 e. The highest BCUT2D eigenvalue weighted by molar-refractivity contribution is 8.15. The monoisotopic (exact) mass is 297 g/mol. The van der Waals surface area contributed by atoms with Crippen molar-refractivity contribution in [2.75, 3.05) is 23.8 Å². The number of hydrogen-bond acceptors (Lipinski definition) is 5. The van der Waals surface area contributed by atoms with E-state index in [4.69, 9.17) is 0 Å². The number of aliphatic imine (C=N–C) groups is 1. The van der Waals surface area contributed by atoms with Crippen molar-refractivity contribution in [3.05, 3.63) is 35.4 Å². The van der Waals surface area contributed by atoms with Gasteiger partial charge in [0.15, 0.2) is 15.6 Å². The number of benzene rings is 1. The average molecular weight is 297 g/mol. The Bertz CT molecular complexity index is 603. The van der Waals surface area contributed by atoms with Crippen LogP contribution in [-0.2, 0) is 9.84 Å². The molecule has 0 aromatic heterocycles. The van der Waals surface area contributed by atoms with E-state index in [1.807, 2.05) is 6.92 Å². The second kappa shape index (κ2) is 5.88. The molecule has 0 saturated carbocycles. The van der Waals surface area contributed by atoms with Gasteiger partial charge in [-0.1, -0.05) is 29.8 Å². The summed E-state index contributed by atoms with van der Waals surface area (Å²) in [6, 6.07) is 6.93. The molecule has 0 saturated heterocycles. The van der Waals surface area contributed by atoms with Crippen LogP contribution in [0.1, 0.15) is 15.9 Å². The number of ketones is 1. The van der Waals surface area contributed by atoms with Crippen molar-refractivity contribution in [1.82, 2.24) is 0 Å². The molecule has 1 aliphatic heterocycles. The second-order valence-corrected chi connectivity index (χ2v) is 7.68. The predicted octanol–water partition coefficient (Wildman–Crippen LogP) is 1.74. The highest BCUT2D eigenvalue weighted by atomic mass is 32.2. The van der Waals surface area contributed by atoms with E-state index < -0.39 is 15.6 Å². The van der Waals surface area contributed by atoms with Crippen LogP contribution in [0.3, 0.4) is 0 Å². The van der Waals surface area contributed by atoms with Crippen molar-refractivity contribution in [3.63, 3.8) is 0 Å². The van der Waals surface area contributed by atoms with Crippen LogP contribution in [0, 0.1) is 6.92 Å². The third-order valence-corrected chi connectivity index (χ3v) is 5.31. The number of aryl methyl sites for hydroxylation is 1.